The Labute approximate surface area is 249 Å². The van der Waals surface area contributed by atoms with Crippen molar-refractivity contribution in [2.75, 3.05) is 13.2 Å². The van der Waals surface area contributed by atoms with Crippen molar-refractivity contribution in [3.8, 4) is 5.75 Å². The van der Waals surface area contributed by atoms with E-state index in [2.05, 4.69) is 5.32 Å². The quantitative estimate of drug-likeness (QED) is 0.190. The molecule has 8 heteroatoms. The third-order valence-corrected chi connectivity index (χ3v) is 7.12. The number of aliphatic hydroxyl groups is 1. The fraction of sp³-hybridized carbons (Fsp3) is 0.200. The van der Waals surface area contributed by atoms with Gasteiger partial charge in [-0.25, -0.2) is 13.8 Å². The van der Waals surface area contributed by atoms with Crippen LogP contribution < -0.4 is 10.1 Å². The standard InChI is InChI=1S/C35H32F2N2O4/c36-29-16-19-31(37)28(23-29)24-38-34(41)35(20-7-11-25-9-3-1-4-10-25)32(26-12-5-2-6-13-26)43-33(39-35)27-14-17-30(18-15-27)42-22-8-21-40/h1-7,9-19,23,32,40H,8,20-22,24H2,(H,38,41)/b11-7+/t32-,35-/m1/s1. The molecule has 6 nitrogen and oxygen atoms in total. The number of halogens is 2. The largest absolute Gasteiger partial charge is 0.494 e. The molecule has 0 aliphatic carbocycles. The highest BCUT2D eigenvalue weighted by molar-refractivity contribution is 6.01. The molecule has 1 amide bonds. The smallest absolute Gasteiger partial charge is 0.252 e. The molecular weight excluding hydrogens is 550 g/mol. The van der Waals surface area contributed by atoms with E-state index in [0.717, 1.165) is 29.3 Å². The van der Waals surface area contributed by atoms with Crippen LogP contribution in [0.2, 0.25) is 0 Å². The topological polar surface area (TPSA) is 80.2 Å². The van der Waals surface area contributed by atoms with Crippen LogP contribution in [0.25, 0.3) is 6.08 Å². The van der Waals surface area contributed by atoms with E-state index in [1.54, 1.807) is 24.3 Å². The van der Waals surface area contributed by atoms with Gasteiger partial charge in [0, 0.05) is 37.1 Å². The molecule has 2 N–H and O–H groups in total. The van der Waals surface area contributed by atoms with E-state index in [1.165, 1.54) is 0 Å². The summed E-state index contributed by atoms with van der Waals surface area (Å²) in [5.41, 5.74) is 0.913. The SMILES string of the molecule is O=C(NCc1cc(F)ccc1F)[C@]1(C/C=C/c2ccccc2)N=C(c2ccc(OCCCO)cc2)O[C@@H]1c1ccccc1. The van der Waals surface area contributed by atoms with Crippen molar-refractivity contribution < 1.29 is 28.2 Å². The zero-order valence-corrected chi connectivity index (χ0v) is 23.5. The van der Waals surface area contributed by atoms with Crippen molar-refractivity contribution in [1.29, 1.82) is 0 Å². The second kappa shape index (κ2) is 13.9. The summed E-state index contributed by atoms with van der Waals surface area (Å²) in [6, 6.07) is 29.3. The molecule has 0 aromatic heterocycles. The van der Waals surface area contributed by atoms with Crippen molar-refractivity contribution in [3.05, 3.63) is 143 Å². The van der Waals surface area contributed by atoms with Crippen LogP contribution in [0.1, 0.15) is 41.2 Å². The normalized spacial score (nSPS) is 17.8. The Morgan fingerprint density at radius 2 is 1.70 bits per heavy atom. The fourth-order valence-corrected chi connectivity index (χ4v) is 4.89. The van der Waals surface area contributed by atoms with E-state index in [-0.39, 0.29) is 31.0 Å². The number of benzene rings is 4. The average molecular weight is 583 g/mol. The Morgan fingerprint density at radius 1 is 0.977 bits per heavy atom. The first-order valence-electron chi connectivity index (χ1n) is 14.1. The van der Waals surface area contributed by atoms with Crippen molar-refractivity contribution in [3.63, 3.8) is 0 Å². The molecule has 0 bridgehead atoms. The number of hydrogen-bond donors (Lipinski definition) is 2. The maximum Gasteiger partial charge on any atom is 0.252 e. The molecular formula is C35H32F2N2O4. The number of aliphatic imine (C=N–C) groups is 1. The minimum Gasteiger partial charge on any atom is -0.494 e. The zero-order valence-electron chi connectivity index (χ0n) is 23.5. The van der Waals surface area contributed by atoms with Crippen molar-refractivity contribution in [2.45, 2.75) is 31.0 Å². The number of ether oxygens (including phenoxy) is 2. The Morgan fingerprint density at radius 3 is 2.42 bits per heavy atom. The average Bonchev–Trinajstić information content (AvgIpc) is 3.43. The van der Waals surface area contributed by atoms with E-state index in [1.807, 2.05) is 72.8 Å². The van der Waals surface area contributed by atoms with Crippen LogP contribution in [0.4, 0.5) is 8.78 Å². The van der Waals surface area contributed by atoms with Crippen LogP contribution in [0.3, 0.4) is 0 Å². The number of nitrogens with zero attached hydrogens (tertiary/aromatic N) is 1. The molecule has 220 valence electrons. The highest BCUT2D eigenvalue weighted by atomic mass is 19.1. The van der Waals surface area contributed by atoms with Crippen LogP contribution in [0.5, 0.6) is 5.75 Å². The van der Waals surface area contributed by atoms with Crippen LogP contribution in [0, 0.1) is 11.6 Å². The summed E-state index contributed by atoms with van der Waals surface area (Å²) in [4.78, 5) is 19.1. The molecule has 1 aliphatic heterocycles. The van der Waals surface area contributed by atoms with Gasteiger partial charge in [-0.05, 0) is 53.6 Å². The minimum atomic E-state index is -1.46. The van der Waals surface area contributed by atoms with Gasteiger partial charge in [-0.2, -0.15) is 0 Å². The molecule has 0 unspecified atom stereocenters. The van der Waals surface area contributed by atoms with Gasteiger partial charge in [0.2, 0.25) is 5.90 Å². The number of nitrogens with one attached hydrogen (secondary N) is 1. The van der Waals surface area contributed by atoms with Crippen LogP contribution >= 0.6 is 0 Å². The minimum absolute atomic E-state index is 0.0273. The maximum absolute atomic E-state index is 14.4. The number of carbonyl (C=O) groups excluding carboxylic acids is 1. The number of rotatable bonds is 12. The van der Waals surface area contributed by atoms with Crippen molar-refractivity contribution in [2.24, 2.45) is 4.99 Å². The van der Waals surface area contributed by atoms with Crippen molar-refractivity contribution in [1.82, 2.24) is 5.32 Å². The van der Waals surface area contributed by atoms with Gasteiger partial charge in [0.25, 0.3) is 5.91 Å². The number of aliphatic hydroxyl groups excluding tert-OH is 1. The predicted octanol–water partition coefficient (Wildman–Crippen LogP) is 6.40. The summed E-state index contributed by atoms with van der Waals surface area (Å²) >= 11 is 0. The molecule has 4 aromatic rings. The van der Waals surface area contributed by atoms with Gasteiger partial charge < -0.3 is 19.9 Å². The number of carbonyl (C=O) groups is 1. The Kier molecular flexibility index (Phi) is 9.59. The number of amides is 1. The molecule has 0 radical (unpaired) electrons. The van der Waals surface area contributed by atoms with Crippen LogP contribution in [-0.2, 0) is 16.1 Å². The summed E-state index contributed by atoms with van der Waals surface area (Å²) < 4.78 is 40.4. The van der Waals surface area contributed by atoms with Gasteiger partial charge in [0.05, 0.1) is 6.61 Å². The summed E-state index contributed by atoms with van der Waals surface area (Å²) in [5, 5.41) is 11.8. The lowest BCUT2D eigenvalue weighted by molar-refractivity contribution is -0.129. The highest BCUT2D eigenvalue weighted by Crippen LogP contribution is 2.43. The fourth-order valence-electron chi connectivity index (χ4n) is 4.89. The van der Waals surface area contributed by atoms with Crippen LogP contribution in [-0.4, -0.2) is 35.7 Å². The molecule has 0 spiro atoms. The van der Waals surface area contributed by atoms with E-state index in [9.17, 15) is 13.6 Å². The maximum atomic E-state index is 14.4. The number of hydrogen-bond acceptors (Lipinski definition) is 5. The van der Waals surface area contributed by atoms with Gasteiger partial charge in [0.1, 0.15) is 17.4 Å². The van der Waals surface area contributed by atoms with Gasteiger partial charge >= 0.3 is 0 Å². The molecule has 0 saturated heterocycles. The molecule has 43 heavy (non-hydrogen) atoms. The van der Waals surface area contributed by atoms with E-state index < -0.39 is 29.2 Å². The Bertz CT molecular complexity index is 1580. The third-order valence-electron chi connectivity index (χ3n) is 7.12. The zero-order chi connectivity index (χ0) is 30.1. The Hall–Kier alpha value is -4.82. The molecule has 4 aromatic carbocycles. The second-order valence-corrected chi connectivity index (χ2v) is 10.1. The first-order valence-corrected chi connectivity index (χ1v) is 14.1. The van der Waals surface area contributed by atoms with Gasteiger partial charge in [-0.3, -0.25) is 4.79 Å². The second-order valence-electron chi connectivity index (χ2n) is 10.1. The van der Waals surface area contributed by atoms with Gasteiger partial charge in [0.15, 0.2) is 11.6 Å². The predicted molar refractivity (Wildman–Crippen MR) is 161 cm³/mol. The molecule has 1 aliphatic rings. The Balaban J connectivity index is 1.51. The monoisotopic (exact) mass is 582 g/mol. The molecule has 1 heterocycles. The van der Waals surface area contributed by atoms with Crippen LogP contribution in [0.15, 0.2) is 114 Å². The summed E-state index contributed by atoms with van der Waals surface area (Å²) in [6.45, 7) is 0.198. The lowest BCUT2D eigenvalue weighted by atomic mass is 9.84. The molecule has 2 atom stereocenters. The third kappa shape index (κ3) is 7.16. The summed E-state index contributed by atoms with van der Waals surface area (Å²) in [6.07, 6.45) is 3.67. The first-order chi connectivity index (χ1) is 21.0. The highest BCUT2D eigenvalue weighted by Gasteiger charge is 2.52. The molecule has 0 saturated carbocycles. The summed E-state index contributed by atoms with van der Waals surface area (Å²) in [7, 11) is 0. The van der Waals surface area contributed by atoms with Crippen molar-refractivity contribution >= 4 is 17.9 Å². The van der Waals surface area contributed by atoms with E-state index in [0.29, 0.717) is 24.3 Å². The summed E-state index contributed by atoms with van der Waals surface area (Å²) in [5.74, 6) is -0.797. The van der Waals surface area contributed by atoms with E-state index >= 15 is 0 Å². The first kappa shape index (κ1) is 29.7. The lowest BCUT2D eigenvalue weighted by Crippen LogP contribution is -2.47. The van der Waals surface area contributed by atoms with Gasteiger partial charge in [-0.1, -0.05) is 72.8 Å². The van der Waals surface area contributed by atoms with E-state index in [4.69, 9.17) is 19.6 Å². The lowest BCUT2D eigenvalue weighted by Gasteiger charge is -2.30. The molecule has 5 rings (SSSR count). The van der Waals surface area contributed by atoms with Gasteiger partial charge in [-0.15, -0.1) is 0 Å². The molecule has 0 fully saturated rings.